The molecule has 0 aliphatic carbocycles. The second-order valence-electron chi connectivity index (χ2n) is 4.11. The summed E-state index contributed by atoms with van der Waals surface area (Å²) in [6.45, 7) is 9.33. The van der Waals surface area contributed by atoms with E-state index in [9.17, 15) is 0 Å². The van der Waals surface area contributed by atoms with E-state index in [1.165, 1.54) is 5.56 Å². The molecule has 0 unspecified atom stereocenters. The molecule has 0 radical (unpaired) electrons. The molecule has 1 heterocycles. The van der Waals surface area contributed by atoms with Gasteiger partial charge in [-0.2, -0.15) is 0 Å². The molecule has 0 fully saturated rings. The van der Waals surface area contributed by atoms with Crippen LogP contribution in [0.15, 0.2) is 16.7 Å². The molecule has 0 saturated carbocycles. The molecule has 1 aromatic heterocycles. The van der Waals surface area contributed by atoms with Crippen molar-refractivity contribution >= 4 is 0 Å². The highest BCUT2D eigenvalue weighted by molar-refractivity contribution is 5.15. The van der Waals surface area contributed by atoms with Gasteiger partial charge in [-0.25, -0.2) is 0 Å². The molecule has 0 amide bonds. The summed E-state index contributed by atoms with van der Waals surface area (Å²) in [5, 5.41) is 3.41. The number of hydrogen-bond acceptors (Lipinski definition) is 2. The highest BCUT2D eigenvalue weighted by Crippen LogP contribution is 2.10. The van der Waals surface area contributed by atoms with Crippen molar-refractivity contribution < 1.29 is 4.42 Å². The zero-order valence-corrected chi connectivity index (χ0v) is 8.27. The Hall–Kier alpha value is -0.760. The van der Waals surface area contributed by atoms with Crippen LogP contribution in [0.5, 0.6) is 0 Å². The molecule has 2 nitrogen and oxygen atoms in total. The maximum absolute atomic E-state index is 5.19. The van der Waals surface area contributed by atoms with E-state index < -0.39 is 0 Å². The second-order valence-corrected chi connectivity index (χ2v) is 4.11. The lowest BCUT2D eigenvalue weighted by molar-refractivity contribution is 0.421. The summed E-state index contributed by atoms with van der Waals surface area (Å²) in [5.41, 5.74) is 1.41. The van der Waals surface area contributed by atoms with Crippen molar-refractivity contribution in [2.24, 2.45) is 0 Å². The maximum Gasteiger partial charge on any atom is 0.105 e. The average molecular weight is 167 g/mol. The fraction of sp³-hybridized carbons (Fsp3) is 0.600. The second kappa shape index (κ2) is 3.31. The van der Waals surface area contributed by atoms with Gasteiger partial charge < -0.3 is 9.73 Å². The highest BCUT2D eigenvalue weighted by Gasteiger charge is 2.09. The molecule has 1 N–H and O–H groups in total. The van der Waals surface area contributed by atoms with Crippen molar-refractivity contribution in [2.45, 2.75) is 39.8 Å². The van der Waals surface area contributed by atoms with Gasteiger partial charge in [-0.3, -0.25) is 0 Å². The molecular weight excluding hydrogens is 150 g/mol. The van der Waals surface area contributed by atoms with E-state index in [2.05, 4.69) is 26.1 Å². The van der Waals surface area contributed by atoms with E-state index in [0.717, 1.165) is 12.3 Å². The van der Waals surface area contributed by atoms with Crippen LogP contribution in [0.3, 0.4) is 0 Å². The van der Waals surface area contributed by atoms with Crippen LogP contribution in [-0.4, -0.2) is 5.54 Å². The summed E-state index contributed by atoms with van der Waals surface area (Å²) >= 11 is 0. The Morgan fingerprint density at radius 1 is 1.42 bits per heavy atom. The number of rotatable bonds is 2. The smallest absolute Gasteiger partial charge is 0.105 e. The summed E-state index contributed by atoms with van der Waals surface area (Å²) in [5.74, 6) is 1.01. The van der Waals surface area contributed by atoms with Gasteiger partial charge in [0.05, 0.1) is 6.26 Å². The minimum atomic E-state index is 0.170. The van der Waals surface area contributed by atoms with E-state index in [1.54, 1.807) is 6.26 Å². The molecule has 1 rings (SSSR count). The Kier molecular flexibility index (Phi) is 2.58. The van der Waals surface area contributed by atoms with Gasteiger partial charge in [0.25, 0.3) is 0 Å². The zero-order valence-electron chi connectivity index (χ0n) is 8.27. The number of hydrogen-bond donors (Lipinski definition) is 1. The van der Waals surface area contributed by atoms with Gasteiger partial charge in [0.15, 0.2) is 0 Å². The Morgan fingerprint density at radius 3 is 2.50 bits per heavy atom. The molecular formula is C10H17NO. The minimum absolute atomic E-state index is 0.170. The minimum Gasteiger partial charge on any atom is -0.469 e. The number of nitrogens with one attached hydrogen (secondary N) is 1. The summed E-state index contributed by atoms with van der Waals surface area (Å²) in [6, 6.07) is 2.01. The standard InChI is InChI=1S/C10H17NO/c1-8-9(5-6-12-8)7-11-10(2,3)4/h5-6,11H,7H2,1-4H3. The predicted octanol–water partition coefficient (Wildman–Crippen LogP) is 2.48. The van der Waals surface area contributed by atoms with Crippen molar-refractivity contribution in [1.82, 2.24) is 5.32 Å². The van der Waals surface area contributed by atoms with E-state index >= 15 is 0 Å². The van der Waals surface area contributed by atoms with E-state index in [4.69, 9.17) is 4.42 Å². The molecule has 0 aliphatic heterocycles. The Balaban J connectivity index is 2.49. The van der Waals surface area contributed by atoms with Gasteiger partial charge in [-0.15, -0.1) is 0 Å². The van der Waals surface area contributed by atoms with Crippen molar-refractivity contribution in [2.75, 3.05) is 0 Å². The van der Waals surface area contributed by atoms with Crippen LogP contribution in [0, 0.1) is 6.92 Å². The van der Waals surface area contributed by atoms with Crippen LogP contribution in [0.4, 0.5) is 0 Å². The summed E-state index contributed by atoms with van der Waals surface area (Å²) < 4.78 is 5.19. The van der Waals surface area contributed by atoms with Crippen LogP contribution in [0.25, 0.3) is 0 Å². The van der Waals surface area contributed by atoms with Gasteiger partial charge in [0.1, 0.15) is 5.76 Å². The predicted molar refractivity (Wildman–Crippen MR) is 50.0 cm³/mol. The van der Waals surface area contributed by atoms with Crippen LogP contribution in [0.2, 0.25) is 0 Å². The van der Waals surface area contributed by atoms with Crippen LogP contribution in [-0.2, 0) is 6.54 Å². The third-order valence-corrected chi connectivity index (χ3v) is 1.78. The monoisotopic (exact) mass is 167 g/mol. The molecule has 0 bridgehead atoms. The Labute approximate surface area is 74.0 Å². The molecule has 0 aromatic carbocycles. The van der Waals surface area contributed by atoms with E-state index in [-0.39, 0.29) is 5.54 Å². The molecule has 0 atom stereocenters. The quantitative estimate of drug-likeness (QED) is 0.732. The van der Waals surface area contributed by atoms with Gasteiger partial charge in [0, 0.05) is 17.6 Å². The normalized spacial score (nSPS) is 12.0. The van der Waals surface area contributed by atoms with Crippen molar-refractivity contribution in [1.29, 1.82) is 0 Å². The first-order valence-corrected chi connectivity index (χ1v) is 4.27. The SMILES string of the molecule is Cc1occc1CNC(C)(C)C. The third-order valence-electron chi connectivity index (χ3n) is 1.78. The topological polar surface area (TPSA) is 25.2 Å². The van der Waals surface area contributed by atoms with E-state index in [1.807, 2.05) is 13.0 Å². The first-order valence-electron chi connectivity index (χ1n) is 4.27. The van der Waals surface area contributed by atoms with Crippen molar-refractivity contribution in [3.63, 3.8) is 0 Å². The first kappa shape index (κ1) is 9.33. The van der Waals surface area contributed by atoms with Crippen LogP contribution >= 0.6 is 0 Å². The van der Waals surface area contributed by atoms with Crippen molar-refractivity contribution in [3.8, 4) is 0 Å². The fourth-order valence-corrected chi connectivity index (χ4v) is 0.955. The fourth-order valence-electron chi connectivity index (χ4n) is 0.955. The lowest BCUT2D eigenvalue weighted by Gasteiger charge is -2.20. The number of aryl methyl sites for hydroxylation is 1. The highest BCUT2D eigenvalue weighted by atomic mass is 16.3. The molecule has 12 heavy (non-hydrogen) atoms. The summed E-state index contributed by atoms with van der Waals surface area (Å²) in [4.78, 5) is 0. The molecule has 0 aliphatic rings. The molecule has 68 valence electrons. The Morgan fingerprint density at radius 2 is 2.08 bits per heavy atom. The largest absolute Gasteiger partial charge is 0.469 e. The zero-order chi connectivity index (χ0) is 9.19. The molecule has 2 heteroatoms. The summed E-state index contributed by atoms with van der Waals surface area (Å²) in [7, 11) is 0. The molecule has 1 aromatic rings. The van der Waals surface area contributed by atoms with Gasteiger partial charge in [-0.1, -0.05) is 0 Å². The van der Waals surface area contributed by atoms with Crippen LogP contribution < -0.4 is 5.32 Å². The average Bonchev–Trinajstić information content (AvgIpc) is 2.29. The number of furan rings is 1. The maximum atomic E-state index is 5.19. The van der Waals surface area contributed by atoms with E-state index in [0.29, 0.717) is 0 Å². The summed E-state index contributed by atoms with van der Waals surface area (Å²) in [6.07, 6.45) is 1.73. The van der Waals surface area contributed by atoms with Crippen LogP contribution in [0.1, 0.15) is 32.1 Å². The van der Waals surface area contributed by atoms with Gasteiger partial charge in [-0.05, 0) is 33.8 Å². The van der Waals surface area contributed by atoms with Crippen molar-refractivity contribution in [3.05, 3.63) is 23.7 Å². The van der Waals surface area contributed by atoms with Gasteiger partial charge >= 0.3 is 0 Å². The lowest BCUT2D eigenvalue weighted by atomic mass is 10.1. The lowest BCUT2D eigenvalue weighted by Crippen LogP contribution is -2.35. The first-order chi connectivity index (χ1) is 5.49. The third kappa shape index (κ3) is 2.70. The Bertz CT molecular complexity index is 245. The van der Waals surface area contributed by atoms with Gasteiger partial charge in [0.2, 0.25) is 0 Å². The molecule has 0 spiro atoms. The molecule has 0 saturated heterocycles.